The highest BCUT2D eigenvalue weighted by molar-refractivity contribution is 6.05. The van der Waals surface area contributed by atoms with E-state index in [0.29, 0.717) is 11.4 Å². The molecule has 0 radical (unpaired) electrons. The summed E-state index contributed by atoms with van der Waals surface area (Å²) in [5.74, 6) is 0.213. The van der Waals surface area contributed by atoms with Crippen LogP contribution in [0.5, 0.6) is 0 Å². The minimum atomic E-state index is -0.235. The van der Waals surface area contributed by atoms with Crippen molar-refractivity contribution in [3.05, 3.63) is 53.7 Å². The SMILES string of the molecule is O=C1Cc2cc(C(=O)Nc3ccccc3)cnc2N1. The molecule has 94 valence electrons. The number of anilines is 2. The van der Waals surface area contributed by atoms with Gasteiger partial charge in [-0.3, -0.25) is 9.59 Å². The van der Waals surface area contributed by atoms with Gasteiger partial charge in [-0.25, -0.2) is 4.98 Å². The highest BCUT2D eigenvalue weighted by Crippen LogP contribution is 2.21. The second kappa shape index (κ2) is 4.53. The number of para-hydroxylation sites is 1. The number of aromatic nitrogens is 1. The summed E-state index contributed by atoms with van der Waals surface area (Å²) >= 11 is 0. The van der Waals surface area contributed by atoms with Gasteiger partial charge in [-0.2, -0.15) is 0 Å². The van der Waals surface area contributed by atoms with Crippen molar-refractivity contribution in [1.82, 2.24) is 4.98 Å². The summed E-state index contributed by atoms with van der Waals surface area (Å²) in [5, 5.41) is 5.41. The van der Waals surface area contributed by atoms with Crippen LogP contribution in [0.25, 0.3) is 0 Å². The van der Waals surface area contributed by atoms with Crippen molar-refractivity contribution >= 4 is 23.3 Å². The number of nitrogens with one attached hydrogen (secondary N) is 2. The van der Waals surface area contributed by atoms with E-state index in [9.17, 15) is 9.59 Å². The van der Waals surface area contributed by atoms with Crippen LogP contribution < -0.4 is 10.6 Å². The Morgan fingerprint density at radius 3 is 2.84 bits per heavy atom. The van der Waals surface area contributed by atoms with Crippen molar-refractivity contribution in [2.45, 2.75) is 6.42 Å². The van der Waals surface area contributed by atoms with E-state index in [0.717, 1.165) is 11.3 Å². The lowest BCUT2D eigenvalue weighted by Crippen LogP contribution is -2.12. The zero-order valence-electron chi connectivity index (χ0n) is 10.0. The number of nitrogens with zero attached hydrogens (tertiary/aromatic N) is 1. The number of fused-ring (bicyclic) bond motifs is 1. The molecule has 0 unspecified atom stereocenters. The van der Waals surface area contributed by atoms with Gasteiger partial charge in [0, 0.05) is 17.4 Å². The highest BCUT2D eigenvalue weighted by Gasteiger charge is 2.20. The summed E-state index contributed by atoms with van der Waals surface area (Å²) in [4.78, 5) is 27.3. The maximum atomic E-state index is 12.0. The molecule has 0 saturated carbocycles. The first-order valence-corrected chi connectivity index (χ1v) is 5.87. The molecular weight excluding hydrogens is 242 g/mol. The molecule has 0 atom stereocenters. The molecule has 2 aromatic rings. The normalized spacial score (nSPS) is 12.7. The lowest BCUT2D eigenvalue weighted by Gasteiger charge is -2.05. The molecule has 3 rings (SSSR count). The Labute approximate surface area is 109 Å². The topological polar surface area (TPSA) is 71.1 Å². The van der Waals surface area contributed by atoms with Gasteiger partial charge in [0.25, 0.3) is 5.91 Å². The molecule has 5 nitrogen and oxygen atoms in total. The predicted octanol–water partition coefficient (Wildman–Crippen LogP) is 1.83. The van der Waals surface area contributed by atoms with Crippen LogP contribution in [-0.4, -0.2) is 16.8 Å². The van der Waals surface area contributed by atoms with E-state index in [-0.39, 0.29) is 18.2 Å². The van der Waals surface area contributed by atoms with E-state index < -0.39 is 0 Å². The summed E-state index contributed by atoms with van der Waals surface area (Å²) in [6.07, 6.45) is 1.73. The van der Waals surface area contributed by atoms with E-state index in [1.54, 1.807) is 6.07 Å². The van der Waals surface area contributed by atoms with Gasteiger partial charge in [0.1, 0.15) is 5.82 Å². The number of amides is 2. The van der Waals surface area contributed by atoms with E-state index in [2.05, 4.69) is 15.6 Å². The van der Waals surface area contributed by atoms with Gasteiger partial charge >= 0.3 is 0 Å². The third-order valence-corrected chi connectivity index (χ3v) is 2.87. The van der Waals surface area contributed by atoms with Gasteiger partial charge in [0.05, 0.1) is 12.0 Å². The third kappa shape index (κ3) is 2.30. The van der Waals surface area contributed by atoms with Crippen LogP contribution in [0.3, 0.4) is 0 Å². The molecule has 0 saturated heterocycles. The van der Waals surface area contributed by atoms with Gasteiger partial charge < -0.3 is 10.6 Å². The monoisotopic (exact) mass is 253 g/mol. The van der Waals surface area contributed by atoms with E-state index >= 15 is 0 Å². The van der Waals surface area contributed by atoms with Crippen molar-refractivity contribution in [2.24, 2.45) is 0 Å². The van der Waals surface area contributed by atoms with Crippen LogP contribution >= 0.6 is 0 Å². The van der Waals surface area contributed by atoms with Crippen LogP contribution in [0.4, 0.5) is 11.5 Å². The average molecular weight is 253 g/mol. The first-order chi connectivity index (χ1) is 9.22. The van der Waals surface area contributed by atoms with E-state index in [1.165, 1.54) is 6.20 Å². The fraction of sp³-hybridized carbons (Fsp3) is 0.0714. The molecule has 1 aliphatic rings. The van der Waals surface area contributed by atoms with Crippen LogP contribution in [0.1, 0.15) is 15.9 Å². The number of hydrogen-bond donors (Lipinski definition) is 2. The molecule has 19 heavy (non-hydrogen) atoms. The number of hydrogen-bond acceptors (Lipinski definition) is 3. The van der Waals surface area contributed by atoms with Crippen molar-refractivity contribution < 1.29 is 9.59 Å². The average Bonchev–Trinajstić information content (AvgIpc) is 2.78. The Bertz CT molecular complexity index is 653. The molecule has 0 spiro atoms. The minimum Gasteiger partial charge on any atom is -0.322 e. The van der Waals surface area contributed by atoms with Crippen LogP contribution in [-0.2, 0) is 11.2 Å². The summed E-state index contributed by atoms with van der Waals surface area (Å²) < 4.78 is 0. The maximum absolute atomic E-state index is 12.0. The number of carbonyl (C=O) groups excluding carboxylic acids is 2. The summed E-state index contributed by atoms with van der Waals surface area (Å²) in [6.45, 7) is 0. The summed E-state index contributed by atoms with van der Waals surface area (Å²) in [5.41, 5.74) is 1.92. The lowest BCUT2D eigenvalue weighted by atomic mass is 10.1. The minimum absolute atomic E-state index is 0.0943. The standard InChI is InChI=1S/C14H11N3O2/c18-12-7-9-6-10(8-15-13(9)17-12)14(19)16-11-4-2-1-3-5-11/h1-6,8H,7H2,(H,16,19)(H,15,17,18). The molecule has 0 aliphatic carbocycles. The molecule has 1 aromatic carbocycles. The smallest absolute Gasteiger partial charge is 0.257 e. The Kier molecular flexibility index (Phi) is 2.72. The largest absolute Gasteiger partial charge is 0.322 e. The maximum Gasteiger partial charge on any atom is 0.257 e. The Morgan fingerprint density at radius 2 is 2.05 bits per heavy atom. The molecule has 5 heteroatoms. The first-order valence-electron chi connectivity index (χ1n) is 5.87. The van der Waals surface area contributed by atoms with Gasteiger partial charge in [-0.05, 0) is 18.2 Å². The second-order valence-electron chi connectivity index (χ2n) is 4.28. The molecule has 0 bridgehead atoms. The quantitative estimate of drug-likeness (QED) is 0.857. The lowest BCUT2D eigenvalue weighted by molar-refractivity contribution is -0.115. The van der Waals surface area contributed by atoms with E-state index in [1.807, 2.05) is 30.3 Å². The predicted molar refractivity (Wildman–Crippen MR) is 71.0 cm³/mol. The van der Waals surface area contributed by atoms with Gasteiger partial charge in [0.2, 0.25) is 5.91 Å². The van der Waals surface area contributed by atoms with Crippen molar-refractivity contribution in [3.63, 3.8) is 0 Å². The molecule has 2 N–H and O–H groups in total. The Balaban J connectivity index is 1.82. The van der Waals surface area contributed by atoms with Gasteiger partial charge in [-0.1, -0.05) is 18.2 Å². The number of rotatable bonds is 2. The third-order valence-electron chi connectivity index (χ3n) is 2.87. The molecular formula is C14H11N3O2. The van der Waals surface area contributed by atoms with Crippen LogP contribution in [0.2, 0.25) is 0 Å². The van der Waals surface area contributed by atoms with Gasteiger partial charge in [0.15, 0.2) is 0 Å². The molecule has 1 aliphatic heterocycles. The summed E-state index contributed by atoms with van der Waals surface area (Å²) in [6, 6.07) is 10.9. The molecule has 0 fully saturated rings. The summed E-state index contributed by atoms with van der Waals surface area (Å²) in [7, 11) is 0. The fourth-order valence-electron chi connectivity index (χ4n) is 1.96. The zero-order valence-corrected chi connectivity index (χ0v) is 10.0. The fourth-order valence-corrected chi connectivity index (χ4v) is 1.96. The Hall–Kier alpha value is -2.69. The molecule has 2 heterocycles. The van der Waals surface area contributed by atoms with Crippen LogP contribution in [0.15, 0.2) is 42.6 Å². The van der Waals surface area contributed by atoms with Crippen molar-refractivity contribution in [3.8, 4) is 0 Å². The molecule has 2 amide bonds. The molecule has 1 aromatic heterocycles. The van der Waals surface area contributed by atoms with Crippen molar-refractivity contribution in [2.75, 3.05) is 10.6 Å². The Morgan fingerprint density at radius 1 is 1.26 bits per heavy atom. The van der Waals surface area contributed by atoms with Gasteiger partial charge in [-0.15, -0.1) is 0 Å². The number of pyridine rings is 1. The first kappa shape index (κ1) is 11.4. The zero-order chi connectivity index (χ0) is 13.2. The second-order valence-corrected chi connectivity index (χ2v) is 4.28. The number of carbonyl (C=O) groups is 2. The van der Waals surface area contributed by atoms with Crippen LogP contribution in [0, 0.1) is 0 Å². The van der Waals surface area contributed by atoms with E-state index in [4.69, 9.17) is 0 Å². The number of benzene rings is 1. The highest BCUT2D eigenvalue weighted by atomic mass is 16.2. The van der Waals surface area contributed by atoms with Crippen molar-refractivity contribution in [1.29, 1.82) is 0 Å².